The highest BCUT2D eigenvalue weighted by atomic mass is 16.5. The number of nitrogens with one attached hydrogen (secondary N) is 2. The molecule has 0 saturated heterocycles. The van der Waals surface area contributed by atoms with Crippen molar-refractivity contribution in [2.24, 2.45) is 4.99 Å². The number of rotatable bonds is 9. The zero-order valence-electron chi connectivity index (χ0n) is 14.3. The van der Waals surface area contributed by atoms with Crippen molar-refractivity contribution in [3.63, 3.8) is 0 Å². The average Bonchev–Trinajstić information content (AvgIpc) is 3.11. The van der Waals surface area contributed by atoms with Gasteiger partial charge in [-0.25, -0.2) is 0 Å². The largest absolute Gasteiger partial charge is 0.378 e. The fourth-order valence-corrected chi connectivity index (χ4v) is 2.86. The van der Waals surface area contributed by atoms with Crippen molar-refractivity contribution in [3.8, 4) is 0 Å². The van der Waals surface area contributed by atoms with E-state index in [4.69, 9.17) is 4.74 Å². The zero-order valence-corrected chi connectivity index (χ0v) is 14.3. The van der Waals surface area contributed by atoms with E-state index in [1.807, 2.05) is 23.1 Å². The zero-order chi connectivity index (χ0) is 16.2. The predicted octanol–water partition coefficient (Wildman–Crippen LogP) is 2.18. The van der Waals surface area contributed by atoms with Crippen LogP contribution in [0.2, 0.25) is 0 Å². The monoisotopic (exact) mass is 321 g/mol. The third-order valence-electron chi connectivity index (χ3n) is 4.16. The molecule has 1 fully saturated rings. The number of hydrogen-bond donors (Lipinski definition) is 2. The Hall–Kier alpha value is -1.56. The van der Waals surface area contributed by atoms with Gasteiger partial charge in [0.25, 0.3) is 0 Å². The first-order valence-electron chi connectivity index (χ1n) is 8.92. The van der Waals surface area contributed by atoms with E-state index >= 15 is 0 Å². The Kier molecular flexibility index (Phi) is 8.55. The number of guanidine groups is 1. The third-order valence-corrected chi connectivity index (χ3v) is 4.16. The minimum Gasteiger partial charge on any atom is -0.378 e. The van der Waals surface area contributed by atoms with Crippen molar-refractivity contribution < 1.29 is 4.74 Å². The number of aryl methyl sites for hydroxylation is 1. The second kappa shape index (κ2) is 11.0. The lowest BCUT2D eigenvalue weighted by Crippen LogP contribution is -2.38. The molecule has 0 bridgehead atoms. The molecule has 2 N–H and O–H groups in total. The Balaban J connectivity index is 1.46. The summed E-state index contributed by atoms with van der Waals surface area (Å²) < 4.78 is 7.87. The Morgan fingerprint density at radius 2 is 2.00 bits per heavy atom. The van der Waals surface area contributed by atoms with Gasteiger partial charge in [0.05, 0.1) is 6.10 Å². The fraction of sp³-hybridized carbons (Fsp3) is 0.765. The van der Waals surface area contributed by atoms with Gasteiger partial charge in [0, 0.05) is 45.7 Å². The summed E-state index contributed by atoms with van der Waals surface area (Å²) in [4.78, 5) is 4.24. The van der Waals surface area contributed by atoms with Crippen molar-refractivity contribution in [1.29, 1.82) is 0 Å². The quantitative estimate of drug-likeness (QED) is 0.416. The molecule has 23 heavy (non-hydrogen) atoms. The topological polar surface area (TPSA) is 63.5 Å². The maximum absolute atomic E-state index is 5.93. The molecule has 6 nitrogen and oxygen atoms in total. The predicted molar refractivity (Wildman–Crippen MR) is 93.7 cm³/mol. The SMILES string of the molecule is CN=C(NCCCOC1CCCCC1)NCCCn1cccn1. The summed E-state index contributed by atoms with van der Waals surface area (Å²) in [6.45, 7) is 3.55. The van der Waals surface area contributed by atoms with Crippen LogP contribution in [0.25, 0.3) is 0 Å². The summed E-state index contributed by atoms with van der Waals surface area (Å²) in [5, 5.41) is 10.9. The normalized spacial score (nSPS) is 16.5. The highest BCUT2D eigenvalue weighted by Gasteiger charge is 2.12. The molecule has 1 aliphatic carbocycles. The Bertz CT molecular complexity index is 426. The molecule has 0 spiro atoms. The fourth-order valence-electron chi connectivity index (χ4n) is 2.86. The summed E-state index contributed by atoms with van der Waals surface area (Å²) in [6.07, 6.45) is 12.9. The standard InChI is InChI=1S/C17H31N5O/c1-18-17(19-10-5-13-22-14-6-12-21-22)20-11-7-15-23-16-8-3-2-4-9-16/h6,12,14,16H,2-5,7-11,13,15H2,1H3,(H2,18,19,20). The van der Waals surface area contributed by atoms with Crippen LogP contribution in [0.4, 0.5) is 0 Å². The molecule has 1 aromatic heterocycles. The minimum atomic E-state index is 0.503. The van der Waals surface area contributed by atoms with Crippen molar-refractivity contribution in [1.82, 2.24) is 20.4 Å². The number of aromatic nitrogens is 2. The van der Waals surface area contributed by atoms with Gasteiger partial charge in [-0.05, 0) is 31.7 Å². The van der Waals surface area contributed by atoms with Crippen LogP contribution in [0.15, 0.2) is 23.5 Å². The highest BCUT2D eigenvalue weighted by molar-refractivity contribution is 5.79. The van der Waals surface area contributed by atoms with Crippen LogP contribution in [-0.2, 0) is 11.3 Å². The minimum absolute atomic E-state index is 0.503. The van der Waals surface area contributed by atoms with Crippen LogP contribution in [-0.4, -0.2) is 48.6 Å². The smallest absolute Gasteiger partial charge is 0.190 e. The van der Waals surface area contributed by atoms with E-state index in [-0.39, 0.29) is 0 Å². The summed E-state index contributed by atoms with van der Waals surface area (Å²) in [5.74, 6) is 0.864. The molecule has 0 amide bonds. The van der Waals surface area contributed by atoms with Gasteiger partial charge in [0.15, 0.2) is 5.96 Å². The van der Waals surface area contributed by atoms with Crippen LogP contribution in [0.5, 0.6) is 0 Å². The van der Waals surface area contributed by atoms with E-state index in [1.165, 1.54) is 32.1 Å². The first-order valence-corrected chi connectivity index (χ1v) is 8.92. The Morgan fingerprint density at radius 1 is 1.22 bits per heavy atom. The molecular formula is C17H31N5O. The van der Waals surface area contributed by atoms with E-state index in [0.717, 1.165) is 45.0 Å². The number of hydrogen-bond acceptors (Lipinski definition) is 3. The molecule has 130 valence electrons. The molecule has 0 radical (unpaired) electrons. The second-order valence-electron chi connectivity index (χ2n) is 6.03. The molecular weight excluding hydrogens is 290 g/mol. The molecule has 0 aromatic carbocycles. The van der Waals surface area contributed by atoms with Crippen LogP contribution in [0.1, 0.15) is 44.9 Å². The van der Waals surface area contributed by atoms with Gasteiger partial charge in [-0.3, -0.25) is 9.67 Å². The van der Waals surface area contributed by atoms with E-state index < -0.39 is 0 Å². The van der Waals surface area contributed by atoms with Crippen LogP contribution in [0.3, 0.4) is 0 Å². The summed E-state index contributed by atoms with van der Waals surface area (Å²) in [5.41, 5.74) is 0. The van der Waals surface area contributed by atoms with Gasteiger partial charge in [-0.2, -0.15) is 5.10 Å². The summed E-state index contributed by atoms with van der Waals surface area (Å²) in [6, 6.07) is 1.95. The number of aliphatic imine (C=N–C) groups is 1. The van der Waals surface area contributed by atoms with E-state index in [9.17, 15) is 0 Å². The van der Waals surface area contributed by atoms with Crippen LogP contribution < -0.4 is 10.6 Å². The molecule has 0 atom stereocenters. The maximum atomic E-state index is 5.93. The van der Waals surface area contributed by atoms with Gasteiger partial charge in [0.1, 0.15) is 0 Å². The Labute approximate surface area is 139 Å². The Morgan fingerprint density at radius 3 is 2.70 bits per heavy atom. The van der Waals surface area contributed by atoms with Crippen molar-refractivity contribution >= 4 is 5.96 Å². The third kappa shape index (κ3) is 7.50. The molecule has 1 heterocycles. The van der Waals surface area contributed by atoms with Gasteiger partial charge >= 0.3 is 0 Å². The lowest BCUT2D eigenvalue weighted by Gasteiger charge is -2.22. The lowest BCUT2D eigenvalue weighted by atomic mass is 9.98. The molecule has 1 aliphatic rings. The maximum Gasteiger partial charge on any atom is 0.190 e. The first kappa shape index (κ1) is 17.8. The molecule has 2 rings (SSSR count). The number of nitrogens with zero attached hydrogens (tertiary/aromatic N) is 3. The van der Waals surface area contributed by atoms with E-state index in [0.29, 0.717) is 6.10 Å². The van der Waals surface area contributed by atoms with Gasteiger partial charge in [-0.1, -0.05) is 19.3 Å². The highest BCUT2D eigenvalue weighted by Crippen LogP contribution is 2.20. The molecule has 1 aromatic rings. The van der Waals surface area contributed by atoms with Crippen molar-refractivity contribution in [3.05, 3.63) is 18.5 Å². The summed E-state index contributed by atoms with van der Waals surface area (Å²) in [7, 11) is 1.81. The average molecular weight is 321 g/mol. The van der Waals surface area contributed by atoms with Crippen molar-refractivity contribution in [2.45, 2.75) is 57.6 Å². The first-order chi connectivity index (χ1) is 11.4. The molecule has 0 unspecified atom stereocenters. The summed E-state index contributed by atoms with van der Waals surface area (Å²) >= 11 is 0. The second-order valence-corrected chi connectivity index (χ2v) is 6.03. The van der Waals surface area contributed by atoms with Crippen molar-refractivity contribution in [2.75, 3.05) is 26.7 Å². The van der Waals surface area contributed by atoms with Gasteiger partial charge in [-0.15, -0.1) is 0 Å². The van der Waals surface area contributed by atoms with Gasteiger partial charge in [0.2, 0.25) is 0 Å². The van der Waals surface area contributed by atoms with Crippen LogP contribution >= 0.6 is 0 Å². The van der Waals surface area contributed by atoms with Gasteiger partial charge < -0.3 is 15.4 Å². The van der Waals surface area contributed by atoms with E-state index in [1.54, 1.807) is 7.05 Å². The number of ether oxygens (including phenoxy) is 1. The van der Waals surface area contributed by atoms with E-state index in [2.05, 4.69) is 20.7 Å². The lowest BCUT2D eigenvalue weighted by molar-refractivity contribution is 0.0277. The molecule has 6 heteroatoms. The van der Waals surface area contributed by atoms with Crippen LogP contribution in [0, 0.1) is 0 Å². The molecule has 1 saturated carbocycles. The molecule has 0 aliphatic heterocycles.